The number of nitrogens with zero attached hydrogens (tertiary/aromatic N) is 1. The largest absolute Gasteiger partial charge is 0.497 e. The van der Waals surface area contributed by atoms with Gasteiger partial charge in [0.1, 0.15) is 5.75 Å². The van der Waals surface area contributed by atoms with E-state index < -0.39 is 0 Å². The van der Waals surface area contributed by atoms with Gasteiger partial charge in [-0.05, 0) is 36.6 Å². The number of ether oxygens (including phenoxy) is 1. The average Bonchev–Trinajstić information content (AvgIpc) is 2.49. The van der Waals surface area contributed by atoms with Crippen molar-refractivity contribution in [2.24, 2.45) is 5.92 Å². The molecule has 0 atom stereocenters. The van der Waals surface area contributed by atoms with Crippen LogP contribution in [0.1, 0.15) is 37.6 Å². The van der Waals surface area contributed by atoms with Gasteiger partial charge in [0.05, 0.1) is 7.11 Å². The molecule has 0 radical (unpaired) electrons. The van der Waals surface area contributed by atoms with E-state index in [1.807, 2.05) is 0 Å². The second-order valence-corrected chi connectivity index (χ2v) is 5.67. The van der Waals surface area contributed by atoms with Crippen LogP contribution in [0.15, 0.2) is 24.3 Å². The summed E-state index contributed by atoms with van der Waals surface area (Å²) in [6.45, 7) is 7.52. The first-order valence-corrected chi connectivity index (χ1v) is 7.61. The van der Waals surface area contributed by atoms with Gasteiger partial charge in [0.15, 0.2) is 0 Å². The van der Waals surface area contributed by atoms with Crippen molar-refractivity contribution in [2.45, 2.75) is 27.2 Å². The summed E-state index contributed by atoms with van der Waals surface area (Å²) in [4.78, 5) is 25.4. The van der Waals surface area contributed by atoms with Crippen molar-refractivity contribution >= 4 is 11.8 Å². The molecule has 1 aromatic rings. The van der Waals surface area contributed by atoms with Gasteiger partial charge in [0, 0.05) is 32.1 Å². The average molecular weight is 306 g/mol. The molecule has 5 heteroatoms. The monoisotopic (exact) mass is 306 g/mol. The zero-order valence-electron chi connectivity index (χ0n) is 13.9. The maximum Gasteiger partial charge on any atom is 0.251 e. The number of methoxy groups -OCH3 is 1. The number of hydrogen-bond donors (Lipinski definition) is 1. The highest BCUT2D eigenvalue weighted by Crippen LogP contribution is 2.11. The Labute approximate surface area is 132 Å². The summed E-state index contributed by atoms with van der Waals surface area (Å²) in [6.07, 6.45) is 0.964. The molecule has 0 aromatic heterocycles. The summed E-state index contributed by atoms with van der Waals surface area (Å²) in [5.74, 6) is 1.16. The van der Waals surface area contributed by atoms with E-state index in [-0.39, 0.29) is 11.8 Å². The first kappa shape index (κ1) is 18.0. The number of carbonyl (C=O) groups excluding carboxylic acids is 2. The third-order valence-corrected chi connectivity index (χ3v) is 3.44. The molecule has 5 nitrogen and oxygen atoms in total. The predicted octanol–water partition coefficient (Wildman–Crippen LogP) is 2.32. The highest BCUT2D eigenvalue weighted by Gasteiger charge is 2.10. The van der Waals surface area contributed by atoms with Gasteiger partial charge < -0.3 is 15.0 Å². The van der Waals surface area contributed by atoms with Crippen LogP contribution in [0.3, 0.4) is 0 Å². The van der Waals surface area contributed by atoms with E-state index in [9.17, 15) is 9.59 Å². The zero-order valence-corrected chi connectivity index (χ0v) is 13.9. The van der Waals surface area contributed by atoms with Crippen LogP contribution in [0.5, 0.6) is 5.75 Å². The lowest BCUT2D eigenvalue weighted by molar-refractivity contribution is -0.128. The van der Waals surface area contributed by atoms with Crippen LogP contribution in [0.2, 0.25) is 0 Å². The SMILES string of the molecule is COc1ccc(C(=O)NCCN(CCC(C)C)C(C)=O)cc1. The molecule has 0 heterocycles. The minimum Gasteiger partial charge on any atom is -0.497 e. The van der Waals surface area contributed by atoms with Crippen LogP contribution in [-0.2, 0) is 4.79 Å². The minimum atomic E-state index is -0.144. The van der Waals surface area contributed by atoms with E-state index in [1.54, 1.807) is 43.2 Å². The lowest BCUT2D eigenvalue weighted by Gasteiger charge is -2.22. The van der Waals surface area contributed by atoms with Gasteiger partial charge in [-0.25, -0.2) is 0 Å². The van der Waals surface area contributed by atoms with E-state index >= 15 is 0 Å². The van der Waals surface area contributed by atoms with E-state index in [4.69, 9.17) is 4.74 Å². The van der Waals surface area contributed by atoms with E-state index in [0.29, 0.717) is 30.3 Å². The Morgan fingerprint density at radius 2 is 1.82 bits per heavy atom. The van der Waals surface area contributed by atoms with Gasteiger partial charge in [-0.15, -0.1) is 0 Å². The van der Waals surface area contributed by atoms with Gasteiger partial charge >= 0.3 is 0 Å². The Morgan fingerprint density at radius 3 is 2.32 bits per heavy atom. The fraction of sp³-hybridized carbons (Fsp3) is 0.529. The van der Waals surface area contributed by atoms with Crippen molar-refractivity contribution in [1.82, 2.24) is 10.2 Å². The lowest BCUT2D eigenvalue weighted by Crippen LogP contribution is -2.38. The number of amides is 2. The molecular formula is C17H26N2O3. The lowest BCUT2D eigenvalue weighted by atomic mass is 10.1. The Hall–Kier alpha value is -2.04. The van der Waals surface area contributed by atoms with Gasteiger partial charge in [0.2, 0.25) is 5.91 Å². The first-order chi connectivity index (χ1) is 10.4. The number of benzene rings is 1. The van der Waals surface area contributed by atoms with Gasteiger partial charge in [-0.2, -0.15) is 0 Å². The maximum absolute atomic E-state index is 12.0. The van der Waals surface area contributed by atoms with E-state index in [0.717, 1.165) is 13.0 Å². The zero-order chi connectivity index (χ0) is 16.5. The standard InChI is InChI=1S/C17H26N2O3/c1-13(2)9-11-19(14(3)20)12-10-18-17(21)15-5-7-16(22-4)8-6-15/h5-8,13H,9-12H2,1-4H3,(H,18,21). The smallest absolute Gasteiger partial charge is 0.251 e. The highest BCUT2D eigenvalue weighted by atomic mass is 16.5. The van der Waals surface area contributed by atoms with Crippen molar-refractivity contribution in [2.75, 3.05) is 26.7 Å². The molecule has 0 fully saturated rings. The normalized spacial score (nSPS) is 10.4. The van der Waals surface area contributed by atoms with Crippen LogP contribution < -0.4 is 10.1 Å². The topological polar surface area (TPSA) is 58.6 Å². The molecule has 22 heavy (non-hydrogen) atoms. The molecule has 122 valence electrons. The number of rotatable bonds is 8. The summed E-state index contributed by atoms with van der Waals surface area (Å²) in [7, 11) is 1.59. The van der Waals surface area contributed by atoms with Crippen molar-refractivity contribution in [3.63, 3.8) is 0 Å². The first-order valence-electron chi connectivity index (χ1n) is 7.61. The van der Waals surface area contributed by atoms with Gasteiger partial charge in [-0.3, -0.25) is 9.59 Å². The second kappa shape index (κ2) is 9.07. The Balaban J connectivity index is 2.43. The van der Waals surface area contributed by atoms with Crippen molar-refractivity contribution < 1.29 is 14.3 Å². The molecule has 0 unspecified atom stereocenters. The van der Waals surface area contributed by atoms with Crippen LogP contribution in [0.4, 0.5) is 0 Å². The molecule has 0 aliphatic rings. The Bertz CT molecular complexity index is 483. The summed E-state index contributed by atoms with van der Waals surface area (Å²) in [5.41, 5.74) is 0.581. The summed E-state index contributed by atoms with van der Waals surface area (Å²) in [5, 5.41) is 2.84. The minimum absolute atomic E-state index is 0.0411. The van der Waals surface area contributed by atoms with Gasteiger partial charge in [0.25, 0.3) is 5.91 Å². The molecule has 0 aliphatic heterocycles. The van der Waals surface area contributed by atoms with Crippen LogP contribution in [0, 0.1) is 5.92 Å². The van der Waals surface area contributed by atoms with Crippen LogP contribution >= 0.6 is 0 Å². The predicted molar refractivity (Wildman–Crippen MR) is 87.0 cm³/mol. The van der Waals surface area contributed by atoms with Crippen molar-refractivity contribution in [3.05, 3.63) is 29.8 Å². The molecule has 2 amide bonds. The molecule has 0 bridgehead atoms. The molecule has 0 aliphatic carbocycles. The number of hydrogen-bond acceptors (Lipinski definition) is 3. The molecule has 1 rings (SSSR count). The molecular weight excluding hydrogens is 280 g/mol. The maximum atomic E-state index is 12.0. The highest BCUT2D eigenvalue weighted by molar-refractivity contribution is 5.94. The number of nitrogens with one attached hydrogen (secondary N) is 1. The van der Waals surface area contributed by atoms with Crippen LogP contribution in [-0.4, -0.2) is 43.5 Å². The van der Waals surface area contributed by atoms with E-state index in [2.05, 4.69) is 19.2 Å². The summed E-state index contributed by atoms with van der Waals surface area (Å²) in [6, 6.07) is 6.93. The Kier molecular flexibility index (Phi) is 7.43. The van der Waals surface area contributed by atoms with Gasteiger partial charge in [-0.1, -0.05) is 13.8 Å². The fourth-order valence-corrected chi connectivity index (χ4v) is 1.99. The summed E-state index contributed by atoms with van der Waals surface area (Å²) >= 11 is 0. The second-order valence-electron chi connectivity index (χ2n) is 5.67. The van der Waals surface area contributed by atoms with Crippen molar-refractivity contribution in [1.29, 1.82) is 0 Å². The van der Waals surface area contributed by atoms with Crippen molar-refractivity contribution in [3.8, 4) is 5.75 Å². The Morgan fingerprint density at radius 1 is 1.18 bits per heavy atom. The fourth-order valence-electron chi connectivity index (χ4n) is 1.99. The molecule has 1 aromatic carbocycles. The van der Waals surface area contributed by atoms with Crippen LogP contribution in [0.25, 0.3) is 0 Å². The third kappa shape index (κ3) is 6.16. The molecule has 0 saturated heterocycles. The molecule has 0 spiro atoms. The third-order valence-electron chi connectivity index (χ3n) is 3.44. The van der Waals surface area contributed by atoms with E-state index in [1.165, 1.54) is 0 Å². The quantitative estimate of drug-likeness (QED) is 0.802. The summed E-state index contributed by atoms with van der Waals surface area (Å²) < 4.78 is 5.06. The molecule has 1 N–H and O–H groups in total. The molecule has 0 saturated carbocycles. The number of carbonyl (C=O) groups is 2.